The SMILES string of the molecule is Cc1cc(I)ccc1NC(=O)c1ccc(C)c(S(=O)(=O)Nc2cccc(C)c2C)c1. The molecule has 7 heteroatoms. The van der Waals surface area contributed by atoms with Crippen LogP contribution in [0.2, 0.25) is 0 Å². The Bertz CT molecular complexity index is 1240. The molecule has 0 saturated carbocycles. The number of amides is 1. The minimum atomic E-state index is -3.86. The van der Waals surface area contributed by atoms with Crippen molar-refractivity contribution < 1.29 is 13.2 Å². The molecular formula is C23H23IN2O3S. The summed E-state index contributed by atoms with van der Waals surface area (Å²) in [5.74, 6) is -0.359. The van der Waals surface area contributed by atoms with Crippen molar-refractivity contribution >= 4 is 49.9 Å². The normalized spacial score (nSPS) is 11.2. The highest BCUT2D eigenvalue weighted by atomic mass is 127. The average Bonchev–Trinajstić information content (AvgIpc) is 2.67. The van der Waals surface area contributed by atoms with Gasteiger partial charge in [-0.1, -0.05) is 18.2 Å². The molecule has 2 N–H and O–H groups in total. The molecule has 3 rings (SSSR count). The van der Waals surface area contributed by atoms with Crippen LogP contribution in [0.4, 0.5) is 11.4 Å². The average molecular weight is 534 g/mol. The summed E-state index contributed by atoms with van der Waals surface area (Å²) >= 11 is 2.21. The maximum atomic E-state index is 13.1. The van der Waals surface area contributed by atoms with Crippen LogP contribution in [0.1, 0.15) is 32.6 Å². The van der Waals surface area contributed by atoms with Gasteiger partial charge >= 0.3 is 0 Å². The van der Waals surface area contributed by atoms with Crippen LogP contribution in [-0.4, -0.2) is 14.3 Å². The zero-order valence-electron chi connectivity index (χ0n) is 17.2. The second-order valence-corrected chi connectivity index (χ2v) is 10.1. The minimum absolute atomic E-state index is 0.0791. The van der Waals surface area contributed by atoms with Crippen molar-refractivity contribution in [3.8, 4) is 0 Å². The van der Waals surface area contributed by atoms with E-state index < -0.39 is 10.0 Å². The summed E-state index contributed by atoms with van der Waals surface area (Å²) in [6.07, 6.45) is 0. The third-order valence-corrected chi connectivity index (χ3v) is 7.20. The number of halogens is 1. The molecule has 0 heterocycles. The lowest BCUT2D eigenvalue weighted by atomic mass is 10.1. The van der Waals surface area contributed by atoms with Crippen LogP contribution in [0.25, 0.3) is 0 Å². The van der Waals surface area contributed by atoms with Crippen molar-refractivity contribution in [2.75, 3.05) is 10.0 Å². The Morgan fingerprint density at radius 3 is 2.27 bits per heavy atom. The third-order valence-electron chi connectivity index (χ3n) is 5.03. The van der Waals surface area contributed by atoms with E-state index in [2.05, 4.69) is 32.6 Å². The minimum Gasteiger partial charge on any atom is -0.322 e. The first-order valence-electron chi connectivity index (χ1n) is 9.35. The Balaban J connectivity index is 1.92. The van der Waals surface area contributed by atoms with E-state index in [1.165, 1.54) is 6.07 Å². The summed E-state index contributed by atoms with van der Waals surface area (Å²) in [4.78, 5) is 12.8. The number of benzene rings is 3. The summed E-state index contributed by atoms with van der Waals surface area (Å²) in [6.45, 7) is 7.42. The van der Waals surface area contributed by atoms with Gasteiger partial charge in [-0.05, 0) is 109 Å². The van der Waals surface area contributed by atoms with Gasteiger partial charge in [0.25, 0.3) is 15.9 Å². The number of nitrogens with one attached hydrogen (secondary N) is 2. The van der Waals surface area contributed by atoms with Crippen molar-refractivity contribution in [1.82, 2.24) is 0 Å². The first kappa shape index (κ1) is 22.3. The molecule has 0 aliphatic carbocycles. The van der Waals surface area contributed by atoms with Gasteiger partial charge in [0.2, 0.25) is 0 Å². The smallest absolute Gasteiger partial charge is 0.262 e. The predicted molar refractivity (Wildman–Crippen MR) is 130 cm³/mol. The second-order valence-electron chi connectivity index (χ2n) is 7.25. The van der Waals surface area contributed by atoms with Crippen LogP contribution in [-0.2, 0) is 10.0 Å². The lowest BCUT2D eigenvalue weighted by molar-refractivity contribution is 0.102. The van der Waals surface area contributed by atoms with E-state index in [0.717, 1.165) is 20.3 Å². The molecule has 30 heavy (non-hydrogen) atoms. The zero-order valence-corrected chi connectivity index (χ0v) is 20.2. The molecule has 5 nitrogen and oxygen atoms in total. The molecule has 0 aliphatic heterocycles. The standard InChI is InChI=1S/C23H23IN2O3S/c1-14-6-5-7-21(17(14)4)26-30(28,29)22-13-18(9-8-15(22)2)23(27)25-20-11-10-19(24)12-16(20)3/h5-13,26H,1-4H3,(H,25,27). The van der Waals surface area contributed by atoms with E-state index in [1.807, 2.05) is 45.0 Å². The fourth-order valence-electron chi connectivity index (χ4n) is 3.05. The van der Waals surface area contributed by atoms with E-state index in [-0.39, 0.29) is 16.4 Å². The zero-order chi connectivity index (χ0) is 22.1. The van der Waals surface area contributed by atoms with Gasteiger partial charge < -0.3 is 5.32 Å². The van der Waals surface area contributed by atoms with Crippen molar-refractivity contribution in [1.29, 1.82) is 0 Å². The van der Waals surface area contributed by atoms with Crippen molar-refractivity contribution in [3.05, 3.63) is 86.0 Å². The first-order chi connectivity index (χ1) is 14.1. The van der Waals surface area contributed by atoms with Gasteiger partial charge in [0.05, 0.1) is 10.6 Å². The van der Waals surface area contributed by atoms with E-state index in [9.17, 15) is 13.2 Å². The van der Waals surface area contributed by atoms with Crippen molar-refractivity contribution in [3.63, 3.8) is 0 Å². The van der Waals surface area contributed by atoms with Gasteiger partial charge in [0.15, 0.2) is 0 Å². The van der Waals surface area contributed by atoms with Gasteiger partial charge in [-0.3, -0.25) is 9.52 Å². The highest BCUT2D eigenvalue weighted by Gasteiger charge is 2.20. The molecule has 0 aliphatic rings. The van der Waals surface area contributed by atoms with Gasteiger partial charge in [0, 0.05) is 14.8 Å². The fourth-order valence-corrected chi connectivity index (χ4v) is 5.10. The number of hydrogen-bond acceptors (Lipinski definition) is 3. The Labute approximate surface area is 191 Å². The van der Waals surface area contributed by atoms with E-state index >= 15 is 0 Å². The molecule has 0 bridgehead atoms. The molecule has 3 aromatic rings. The maximum absolute atomic E-state index is 13.1. The molecule has 0 unspecified atom stereocenters. The van der Waals surface area contributed by atoms with E-state index in [1.54, 1.807) is 31.2 Å². The van der Waals surface area contributed by atoms with Crippen molar-refractivity contribution in [2.24, 2.45) is 0 Å². The summed E-state index contributed by atoms with van der Waals surface area (Å²) in [7, 11) is -3.86. The monoisotopic (exact) mass is 534 g/mol. The number of rotatable bonds is 5. The van der Waals surface area contributed by atoms with Crippen LogP contribution >= 0.6 is 22.6 Å². The summed E-state index contributed by atoms with van der Waals surface area (Å²) in [5.41, 5.74) is 4.86. The molecule has 1 amide bonds. The molecule has 0 atom stereocenters. The van der Waals surface area contributed by atoms with Gasteiger partial charge in [-0.2, -0.15) is 0 Å². The highest BCUT2D eigenvalue weighted by molar-refractivity contribution is 14.1. The summed E-state index contributed by atoms with van der Waals surface area (Å²) < 4.78 is 29.9. The molecule has 0 spiro atoms. The lowest BCUT2D eigenvalue weighted by Crippen LogP contribution is -2.18. The number of hydrogen-bond donors (Lipinski definition) is 2. The number of anilines is 2. The second kappa shape index (κ2) is 8.77. The van der Waals surface area contributed by atoms with Gasteiger partial charge in [-0.25, -0.2) is 8.42 Å². The molecule has 3 aromatic carbocycles. The van der Waals surface area contributed by atoms with Crippen molar-refractivity contribution in [2.45, 2.75) is 32.6 Å². The number of sulfonamides is 1. The number of aryl methyl sites for hydroxylation is 3. The lowest BCUT2D eigenvalue weighted by Gasteiger charge is -2.15. The van der Waals surface area contributed by atoms with Crippen LogP contribution in [0.3, 0.4) is 0 Å². The Morgan fingerprint density at radius 2 is 1.57 bits per heavy atom. The van der Waals surface area contributed by atoms with Gasteiger partial charge in [-0.15, -0.1) is 0 Å². The Kier molecular flexibility index (Phi) is 6.52. The topological polar surface area (TPSA) is 75.3 Å². The van der Waals surface area contributed by atoms with Gasteiger partial charge in [0.1, 0.15) is 0 Å². The Morgan fingerprint density at radius 1 is 0.833 bits per heavy atom. The number of carbonyl (C=O) groups excluding carboxylic acids is 1. The third kappa shape index (κ3) is 4.84. The van der Waals surface area contributed by atoms with Crippen LogP contribution < -0.4 is 10.0 Å². The molecule has 0 aromatic heterocycles. The van der Waals surface area contributed by atoms with Crippen LogP contribution in [0, 0.1) is 31.3 Å². The fraction of sp³-hybridized carbons (Fsp3) is 0.174. The molecular weight excluding hydrogens is 511 g/mol. The number of carbonyl (C=O) groups is 1. The van der Waals surface area contributed by atoms with E-state index in [0.29, 0.717) is 16.9 Å². The quantitative estimate of drug-likeness (QED) is 0.420. The summed E-state index contributed by atoms with van der Waals surface area (Å²) in [6, 6.07) is 15.9. The molecule has 156 valence electrons. The largest absolute Gasteiger partial charge is 0.322 e. The van der Waals surface area contributed by atoms with Crippen LogP contribution in [0.5, 0.6) is 0 Å². The van der Waals surface area contributed by atoms with Crippen LogP contribution in [0.15, 0.2) is 59.5 Å². The first-order valence-corrected chi connectivity index (χ1v) is 11.9. The maximum Gasteiger partial charge on any atom is 0.262 e. The van der Waals surface area contributed by atoms with E-state index in [4.69, 9.17) is 0 Å². The summed E-state index contributed by atoms with van der Waals surface area (Å²) in [5, 5.41) is 2.86. The molecule has 0 saturated heterocycles. The Hall–Kier alpha value is -2.39. The highest BCUT2D eigenvalue weighted by Crippen LogP contribution is 2.25. The predicted octanol–water partition coefficient (Wildman–Crippen LogP) is 5.58. The molecule has 0 radical (unpaired) electrons. The molecule has 0 fully saturated rings.